The van der Waals surface area contributed by atoms with Crippen molar-refractivity contribution in [1.82, 2.24) is 4.90 Å². The highest BCUT2D eigenvalue weighted by molar-refractivity contribution is 9.10. The van der Waals surface area contributed by atoms with Gasteiger partial charge in [-0.15, -0.1) is 0 Å². The van der Waals surface area contributed by atoms with E-state index in [4.69, 9.17) is 17.3 Å². The summed E-state index contributed by atoms with van der Waals surface area (Å²) in [6.45, 7) is 3.03. The molecule has 1 amide bonds. The normalized spacial score (nSPS) is 10.4. The van der Waals surface area contributed by atoms with E-state index in [-0.39, 0.29) is 5.91 Å². The smallest absolute Gasteiger partial charge is 0.254 e. The average Bonchev–Trinajstić information content (AvgIpc) is 2.48. The molecule has 0 saturated heterocycles. The number of carbonyl (C=O) groups excluding carboxylic acids is 1. The molecule has 21 heavy (non-hydrogen) atoms. The number of nitrogens with two attached hydrogens (primary N) is 1. The van der Waals surface area contributed by atoms with Gasteiger partial charge in [-0.3, -0.25) is 4.79 Å². The lowest BCUT2D eigenvalue weighted by atomic mass is 10.1. The third-order valence-electron chi connectivity index (χ3n) is 3.24. The molecule has 0 aromatic heterocycles. The van der Waals surface area contributed by atoms with Gasteiger partial charge >= 0.3 is 0 Å². The molecule has 0 aliphatic carbocycles. The van der Waals surface area contributed by atoms with Gasteiger partial charge in [-0.25, -0.2) is 0 Å². The highest BCUT2D eigenvalue weighted by Gasteiger charge is 2.16. The third kappa shape index (κ3) is 3.77. The van der Waals surface area contributed by atoms with E-state index in [2.05, 4.69) is 15.9 Å². The van der Waals surface area contributed by atoms with Crippen molar-refractivity contribution in [2.24, 2.45) is 0 Å². The first-order chi connectivity index (χ1) is 10.0. The van der Waals surface area contributed by atoms with Gasteiger partial charge in [-0.1, -0.05) is 29.8 Å². The number of hydrogen-bond acceptors (Lipinski definition) is 2. The number of amides is 1. The fourth-order valence-electron chi connectivity index (χ4n) is 2.00. The number of anilines is 1. The maximum Gasteiger partial charge on any atom is 0.254 e. The van der Waals surface area contributed by atoms with Crippen LogP contribution in [0.15, 0.2) is 46.9 Å². The SMILES string of the molecule is CCN(Cc1ccccc1Cl)C(=O)c1ccc(N)c(Br)c1. The van der Waals surface area contributed by atoms with E-state index in [1.807, 2.05) is 31.2 Å². The largest absolute Gasteiger partial charge is 0.398 e. The Labute approximate surface area is 137 Å². The number of hydrogen-bond donors (Lipinski definition) is 1. The number of carbonyl (C=O) groups is 1. The summed E-state index contributed by atoms with van der Waals surface area (Å²) < 4.78 is 0.724. The Morgan fingerprint density at radius 1 is 1.29 bits per heavy atom. The van der Waals surface area contributed by atoms with Crippen molar-refractivity contribution in [2.45, 2.75) is 13.5 Å². The maximum atomic E-state index is 12.6. The average molecular weight is 368 g/mol. The highest BCUT2D eigenvalue weighted by Crippen LogP contribution is 2.23. The van der Waals surface area contributed by atoms with Gasteiger partial charge in [0.2, 0.25) is 0 Å². The first-order valence-electron chi connectivity index (χ1n) is 6.60. The van der Waals surface area contributed by atoms with Crippen molar-refractivity contribution in [3.63, 3.8) is 0 Å². The van der Waals surface area contributed by atoms with Crippen LogP contribution in [0.25, 0.3) is 0 Å². The van der Waals surface area contributed by atoms with Crippen molar-refractivity contribution in [2.75, 3.05) is 12.3 Å². The molecule has 0 heterocycles. The van der Waals surface area contributed by atoms with Crippen LogP contribution in [0.5, 0.6) is 0 Å². The van der Waals surface area contributed by atoms with Crippen molar-refractivity contribution < 1.29 is 4.79 Å². The van der Waals surface area contributed by atoms with Crippen LogP contribution >= 0.6 is 27.5 Å². The van der Waals surface area contributed by atoms with Crippen LogP contribution in [0.3, 0.4) is 0 Å². The van der Waals surface area contributed by atoms with Crippen LogP contribution in [-0.4, -0.2) is 17.4 Å². The molecule has 0 saturated carbocycles. The Hall–Kier alpha value is -1.52. The second-order valence-electron chi connectivity index (χ2n) is 4.65. The molecule has 5 heteroatoms. The molecular formula is C16H16BrClN2O. The molecule has 0 bridgehead atoms. The summed E-state index contributed by atoms with van der Waals surface area (Å²) in [7, 11) is 0. The molecule has 110 valence electrons. The first kappa shape index (κ1) is 15.9. The number of halogens is 2. The molecular weight excluding hydrogens is 352 g/mol. The molecule has 0 radical (unpaired) electrons. The molecule has 0 unspecified atom stereocenters. The van der Waals surface area contributed by atoms with Crippen molar-refractivity contribution in [3.05, 3.63) is 63.1 Å². The topological polar surface area (TPSA) is 46.3 Å². The lowest BCUT2D eigenvalue weighted by Gasteiger charge is -2.22. The van der Waals surface area contributed by atoms with Crippen LogP contribution < -0.4 is 5.73 Å². The van der Waals surface area contributed by atoms with Gasteiger partial charge in [0.05, 0.1) is 0 Å². The minimum absolute atomic E-state index is 0.0434. The fraction of sp³-hybridized carbons (Fsp3) is 0.188. The summed E-state index contributed by atoms with van der Waals surface area (Å²) in [6, 6.07) is 12.7. The molecule has 2 aromatic rings. The lowest BCUT2D eigenvalue weighted by Crippen LogP contribution is -2.30. The number of nitrogen functional groups attached to an aromatic ring is 1. The van der Waals surface area contributed by atoms with Gasteiger partial charge in [0, 0.05) is 33.8 Å². The standard InChI is InChI=1S/C16H16BrClN2O/c1-2-20(10-12-5-3-4-6-14(12)18)16(21)11-7-8-15(19)13(17)9-11/h3-9H,2,10,19H2,1H3. The van der Waals surface area contributed by atoms with E-state index in [0.717, 1.165) is 10.0 Å². The Kier molecular flexibility index (Phi) is 5.26. The van der Waals surface area contributed by atoms with Crippen molar-refractivity contribution in [3.8, 4) is 0 Å². The second kappa shape index (κ2) is 6.96. The summed E-state index contributed by atoms with van der Waals surface area (Å²) in [5, 5.41) is 0.669. The molecule has 0 aliphatic heterocycles. The highest BCUT2D eigenvalue weighted by atomic mass is 79.9. The Balaban J connectivity index is 2.22. The molecule has 0 spiro atoms. The third-order valence-corrected chi connectivity index (χ3v) is 4.29. The molecule has 3 nitrogen and oxygen atoms in total. The second-order valence-corrected chi connectivity index (χ2v) is 5.91. The predicted octanol–water partition coefficient (Wildman–Crippen LogP) is 4.35. The first-order valence-corrected chi connectivity index (χ1v) is 7.77. The summed E-state index contributed by atoms with van der Waals surface area (Å²) in [6.07, 6.45) is 0. The van der Waals surface area contributed by atoms with Crippen molar-refractivity contribution >= 4 is 39.1 Å². The number of nitrogens with zero attached hydrogens (tertiary/aromatic N) is 1. The van der Waals surface area contributed by atoms with E-state index in [9.17, 15) is 4.79 Å². The molecule has 0 atom stereocenters. The van der Waals surface area contributed by atoms with Gasteiger partial charge in [0.15, 0.2) is 0 Å². The van der Waals surface area contributed by atoms with E-state index in [1.54, 1.807) is 23.1 Å². The van der Waals surface area contributed by atoms with E-state index in [0.29, 0.717) is 29.4 Å². The summed E-state index contributed by atoms with van der Waals surface area (Å²) in [5.74, 6) is -0.0434. The molecule has 2 rings (SSSR count). The zero-order valence-electron chi connectivity index (χ0n) is 11.6. The zero-order valence-corrected chi connectivity index (χ0v) is 14.0. The Morgan fingerprint density at radius 2 is 2.00 bits per heavy atom. The van der Waals surface area contributed by atoms with Gasteiger partial charge in [-0.2, -0.15) is 0 Å². The van der Waals surface area contributed by atoms with E-state index >= 15 is 0 Å². The van der Waals surface area contributed by atoms with Gasteiger partial charge in [0.1, 0.15) is 0 Å². The summed E-state index contributed by atoms with van der Waals surface area (Å²) in [4.78, 5) is 14.3. The van der Waals surface area contributed by atoms with Crippen LogP contribution in [0.4, 0.5) is 5.69 Å². The van der Waals surface area contributed by atoms with Crippen LogP contribution in [-0.2, 0) is 6.54 Å². The fourth-order valence-corrected chi connectivity index (χ4v) is 2.58. The zero-order chi connectivity index (χ0) is 15.4. The van der Waals surface area contributed by atoms with Crippen LogP contribution in [0.2, 0.25) is 5.02 Å². The van der Waals surface area contributed by atoms with E-state index < -0.39 is 0 Å². The number of rotatable bonds is 4. The van der Waals surface area contributed by atoms with Gasteiger partial charge in [-0.05, 0) is 52.7 Å². The summed E-state index contributed by atoms with van der Waals surface area (Å²) >= 11 is 9.51. The quantitative estimate of drug-likeness (QED) is 0.817. The van der Waals surface area contributed by atoms with Gasteiger partial charge < -0.3 is 10.6 Å². The Morgan fingerprint density at radius 3 is 2.62 bits per heavy atom. The van der Waals surface area contributed by atoms with E-state index in [1.165, 1.54) is 0 Å². The summed E-state index contributed by atoms with van der Waals surface area (Å²) in [5.41, 5.74) is 7.90. The van der Waals surface area contributed by atoms with Crippen LogP contribution in [0.1, 0.15) is 22.8 Å². The minimum atomic E-state index is -0.0434. The lowest BCUT2D eigenvalue weighted by molar-refractivity contribution is 0.0752. The Bertz CT molecular complexity index is 660. The van der Waals surface area contributed by atoms with Crippen LogP contribution in [0, 0.1) is 0 Å². The molecule has 2 aromatic carbocycles. The monoisotopic (exact) mass is 366 g/mol. The number of benzene rings is 2. The minimum Gasteiger partial charge on any atom is -0.398 e. The maximum absolute atomic E-state index is 12.6. The van der Waals surface area contributed by atoms with Gasteiger partial charge in [0.25, 0.3) is 5.91 Å². The molecule has 0 aliphatic rings. The molecule has 0 fully saturated rings. The molecule has 2 N–H and O–H groups in total. The van der Waals surface area contributed by atoms with Crippen molar-refractivity contribution in [1.29, 1.82) is 0 Å². The predicted molar refractivity (Wildman–Crippen MR) is 90.4 cm³/mol.